The Hall–Kier alpha value is -0.540. The second-order valence-electron chi connectivity index (χ2n) is 4.35. The van der Waals surface area contributed by atoms with Gasteiger partial charge in [0.05, 0.1) is 0 Å². The summed E-state index contributed by atoms with van der Waals surface area (Å²) in [6.07, 6.45) is 0. The van der Waals surface area contributed by atoms with E-state index in [9.17, 15) is 0 Å². The third-order valence-electron chi connectivity index (χ3n) is 2.73. The molecular formula is C12H17BrN2. The minimum absolute atomic E-state index is 0.563. The van der Waals surface area contributed by atoms with Gasteiger partial charge in [-0.05, 0) is 32.0 Å². The van der Waals surface area contributed by atoms with Crippen molar-refractivity contribution in [2.75, 3.05) is 18.0 Å². The molecule has 0 bridgehead atoms. The molecule has 1 fully saturated rings. The predicted octanol–water partition coefficient (Wildman–Crippen LogP) is 2.64. The van der Waals surface area contributed by atoms with Crippen LogP contribution in [0.15, 0.2) is 28.7 Å². The first-order chi connectivity index (χ1) is 7.15. The summed E-state index contributed by atoms with van der Waals surface area (Å²) in [5, 5.41) is 3.54. The maximum absolute atomic E-state index is 3.54. The molecule has 15 heavy (non-hydrogen) atoms. The minimum Gasteiger partial charge on any atom is -0.368 e. The van der Waals surface area contributed by atoms with E-state index in [-0.39, 0.29) is 0 Å². The maximum atomic E-state index is 3.54. The molecule has 0 amide bonds. The Kier molecular flexibility index (Phi) is 3.32. The normalized spacial score (nSPS) is 26.7. The Morgan fingerprint density at radius 1 is 1.27 bits per heavy atom. The molecule has 1 aliphatic heterocycles. The van der Waals surface area contributed by atoms with Crippen molar-refractivity contribution in [1.82, 2.24) is 5.32 Å². The number of piperazine rings is 1. The van der Waals surface area contributed by atoms with Gasteiger partial charge in [0.1, 0.15) is 0 Å². The highest BCUT2D eigenvalue weighted by Crippen LogP contribution is 2.21. The first kappa shape index (κ1) is 11.0. The molecule has 1 N–H and O–H groups in total. The highest BCUT2D eigenvalue weighted by molar-refractivity contribution is 9.10. The van der Waals surface area contributed by atoms with Crippen LogP contribution in [0, 0.1) is 0 Å². The van der Waals surface area contributed by atoms with Gasteiger partial charge in [0.15, 0.2) is 0 Å². The monoisotopic (exact) mass is 268 g/mol. The molecule has 0 unspecified atom stereocenters. The van der Waals surface area contributed by atoms with E-state index in [4.69, 9.17) is 0 Å². The third kappa shape index (κ3) is 2.73. The quantitative estimate of drug-likeness (QED) is 0.843. The van der Waals surface area contributed by atoms with E-state index in [1.807, 2.05) is 0 Å². The molecule has 0 aliphatic carbocycles. The van der Waals surface area contributed by atoms with Gasteiger partial charge >= 0.3 is 0 Å². The standard InChI is InChI=1S/C12H17BrN2/c1-9-7-15(8-10(2)14-9)12-5-3-4-11(13)6-12/h3-6,9-10,14H,7-8H2,1-2H3/t9-,10+. The molecule has 0 radical (unpaired) electrons. The van der Waals surface area contributed by atoms with Crippen LogP contribution in [0.3, 0.4) is 0 Å². The summed E-state index contributed by atoms with van der Waals surface area (Å²) < 4.78 is 1.15. The maximum Gasteiger partial charge on any atom is 0.0378 e. The van der Waals surface area contributed by atoms with Gasteiger partial charge in [0, 0.05) is 35.3 Å². The molecule has 0 saturated carbocycles. The molecule has 1 aromatic carbocycles. The smallest absolute Gasteiger partial charge is 0.0378 e. The van der Waals surface area contributed by atoms with Gasteiger partial charge in [-0.3, -0.25) is 0 Å². The largest absolute Gasteiger partial charge is 0.368 e. The highest BCUT2D eigenvalue weighted by atomic mass is 79.9. The van der Waals surface area contributed by atoms with E-state index in [1.54, 1.807) is 0 Å². The van der Waals surface area contributed by atoms with Gasteiger partial charge < -0.3 is 10.2 Å². The predicted molar refractivity (Wildman–Crippen MR) is 68.4 cm³/mol. The molecule has 2 nitrogen and oxygen atoms in total. The van der Waals surface area contributed by atoms with Gasteiger partial charge in [-0.1, -0.05) is 22.0 Å². The lowest BCUT2D eigenvalue weighted by atomic mass is 10.1. The lowest BCUT2D eigenvalue weighted by Gasteiger charge is -2.37. The number of halogens is 1. The molecule has 1 aromatic rings. The van der Waals surface area contributed by atoms with Crippen molar-refractivity contribution in [2.24, 2.45) is 0 Å². The van der Waals surface area contributed by atoms with E-state index in [0.717, 1.165) is 17.6 Å². The van der Waals surface area contributed by atoms with Crippen LogP contribution in [-0.4, -0.2) is 25.2 Å². The van der Waals surface area contributed by atoms with Crippen LogP contribution in [0.2, 0.25) is 0 Å². The first-order valence-corrected chi connectivity index (χ1v) is 6.21. The van der Waals surface area contributed by atoms with Gasteiger partial charge in [0.25, 0.3) is 0 Å². The van der Waals surface area contributed by atoms with Gasteiger partial charge in [-0.15, -0.1) is 0 Å². The van der Waals surface area contributed by atoms with Crippen LogP contribution in [0.1, 0.15) is 13.8 Å². The van der Waals surface area contributed by atoms with Crippen molar-refractivity contribution in [3.63, 3.8) is 0 Å². The van der Waals surface area contributed by atoms with E-state index >= 15 is 0 Å². The lowest BCUT2D eigenvalue weighted by Crippen LogP contribution is -2.54. The van der Waals surface area contributed by atoms with E-state index in [1.165, 1.54) is 5.69 Å². The SMILES string of the molecule is C[C@@H]1CN(c2cccc(Br)c2)C[C@H](C)N1. The van der Waals surface area contributed by atoms with Gasteiger partial charge in [-0.2, -0.15) is 0 Å². The number of nitrogens with one attached hydrogen (secondary N) is 1. The van der Waals surface area contributed by atoms with Crippen LogP contribution >= 0.6 is 15.9 Å². The van der Waals surface area contributed by atoms with E-state index in [0.29, 0.717) is 12.1 Å². The van der Waals surface area contributed by atoms with E-state index < -0.39 is 0 Å². The van der Waals surface area contributed by atoms with Crippen molar-refractivity contribution < 1.29 is 0 Å². The third-order valence-corrected chi connectivity index (χ3v) is 3.22. The van der Waals surface area contributed by atoms with Crippen molar-refractivity contribution in [3.8, 4) is 0 Å². The van der Waals surface area contributed by atoms with Gasteiger partial charge in [-0.25, -0.2) is 0 Å². The number of hydrogen-bond donors (Lipinski definition) is 1. The molecule has 0 aromatic heterocycles. The fourth-order valence-corrected chi connectivity index (χ4v) is 2.60. The number of nitrogens with zero attached hydrogens (tertiary/aromatic N) is 1. The Bertz CT molecular complexity index is 330. The number of rotatable bonds is 1. The summed E-state index contributed by atoms with van der Waals surface area (Å²) in [5.74, 6) is 0. The molecular weight excluding hydrogens is 252 g/mol. The summed E-state index contributed by atoms with van der Waals surface area (Å²) in [7, 11) is 0. The number of benzene rings is 1. The molecule has 1 saturated heterocycles. The van der Waals surface area contributed by atoms with Crippen LogP contribution in [-0.2, 0) is 0 Å². The topological polar surface area (TPSA) is 15.3 Å². The Morgan fingerprint density at radius 3 is 2.53 bits per heavy atom. The fourth-order valence-electron chi connectivity index (χ4n) is 2.21. The van der Waals surface area contributed by atoms with Crippen LogP contribution in [0.5, 0.6) is 0 Å². The molecule has 0 spiro atoms. The summed E-state index contributed by atoms with van der Waals surface area (Å²) >= 11 is 3.52. The Morgan fingerprint density at radius 2 is 1.93 bits per heavy atom. The summed E-state index contributed by atoms with van der Waals surface area (Å²) in [4.78, 5) is 2.44. The molecule has 3 heteroatoms. The van der Waals surface area contributed by atoms with Crippen LogP contribution in [0.4, 0.5) is 5.69 Å². The highest BCUT2D eigenvalue weighted by Gasteiger charge is 2.20. The van der Waals surface area contributed by atoms with Crippen molar-refractivity contribution >= 4 is 21.6 Å². The second-order valence-corrected chi connectivity index (χ2v) is 5.27. The van der Waals surface area contributed by atoms with Crippen molar-refractivity contribution in [3.05, 3.63) is 28.7 Å². The summed E-state index contributed by atoms with van der Waals surface area (Å²) in [6, 6.07) is 9.65. The average molecular weight is 269 g/mol. The first-order valence-electron chi connectivity index (χ1n) is 5.41. The number of anilines is 1. The molecule has 2 atom stereocenters. The Labute approximate surface area is 99.8 Å². The van der Waals surface area contributed by atoms with Crippen molar-refractivity contribution in [1.29, 1.82) is 0 Å². The van der Waals surface area contributed by atoms with Crippen LogP contribution in [0.25, 0.3) is 0 Å². The zero-order valence-electron chi connectivity index (χ0n) is 9.20. The van der Waals surface area contributed by atoms with Gasteiger partial charge in [0.2, 0.25) is 0 Å². The summed E-state index contributed by atoms with van der Waals surface area (Å²) in [5.41, 5.74) is 1.31. The minimum atomic E-state index is 0.563. The molecule has 2 rings (SSSR count). The van der Waals surface area contributed by atoms with Crippen LogP contribution < -0.4 is 10.2 Å². The molecule has 82 valence electrons. The zero-order chi connectivity index (χ0) is 10.8. The average Bonchev–Trinajstić information content (AvgIpc) is 2.16. The van der Waals surface area contributed by atoms with E-state index in [2.05, 4.69) is 64.3 Å². The lowest BCUT2D eigenvalue weighted by molar-refractivity contribution is 0.407. The second kappa shape index (κ2) is 4.54. The molecule has 1 heterocycles. The van der Waals surface area contributed by atoms with Crippen molar-refractivity contribution in [2.45, 2.75) is 25.9 Å². The summed E-state index contributed by atoms with van der Waals surface area (Å²) in [6.45, 7) is 6.64. The zero-order valence-corrected chi connectivity index (χ0v) is 10.8. The fraction of sp³-hybridized carbons (Fsp3) is 0.500. The number of hydrogen-bond acceptors (Lipinski definition) is 2. The molecule has 1 aliphatic rings. The Balaban J connectivity index is 2.16.